The number of hydrogen-bond donors (Lipinski definition) is 1. The number of nitrogens with zero attached hydrogens (tertiary/aromatic N) is 1. The maximum absolute atomic E-state index is 12.7. The average molecular weight is 361 g/mol. The Bertz CT molecular complexity index is 670. The number of benzene rings is 1. The number of carbonyl (C=O) groups is 1. The molecule has 128 valence electrons. The molecule has 0 unspecified atom stereocenters. The number of ether oxygens (including phenoxy) is 1. The molecule has 1 N–H and O–H groups in total. The number of nitrogens with one attached hydrogen (secondary N) is 1. The standard InChI is InChI=1S/C15H21ClN2O4S/c1-11(2)9-15(19)17-12-3-4-13(16)14(10-12)23(20,21)18-5-7-22-8-6-18/h3-4,10-11H,5-9H2,1-2H3,(H,17,19). The van der Waals surface area contributed by atoms with Crippen molar-refractivity contribution in [3.63, 3.8) is 0 Å². The highest BCUT2D eigenvalue weighted by molar-refractivity contribution is 7.89. The van der Waals surface area contributed by atoms with Crippen LogP contribution in [0.15, 0.2) is 23.1 Å². The Morgan fingerprint density at radius 1 is 1.35 bits per heavy atom. The quantitative estimate of drug-likeness (QED) is 0.874. The van der Waals surface area contributed by atoms with Crippen molar-refractivity contribution in [3.05, 3.63) is 23.2 Å². The van der Waals surface area contributed by atoms with E-state index in [0.29, 0.717) is 38.4 Å². The van der Waals surface area contributed by atoms with Gasteiger partial charge in [0.2, 0.25) is 15.9 Å². The van der Waals surface area contributed by atoms with Crippen molar-refractivity contribution in [3.8, 4) is 0 Å². The Labute approximate surface area is 141 Å². The topological polar surface area (TPSA) is 75.7 Å². The molecule has 1 aliphatic rings. The van der Waals surface area contributed by atoms with E-state index in [1.54, 1.807) is 6.07 Å². The number of amides is 1. The minimum absolute atomic E-state index is 0.00316. The van der Waals surface area contributed by atoms with E-state index in [1.807, 2.05) is 13.8 Å². The first-order valence-corrected chi connectivity index (χ1v) is 9.30. The van der Waals surface area contributed by atoms with Gasteiger partial charge in [0.15, 0.2) is 0 Å². The van der Waals surface area contributed by atoms with Gasteiger partial charge in [-0.1, -0.05) is 25.4 Å². The Morgan fingerprint density at radius 2 is 2.00 bits per heavy atom. The van der Waals surface area contributed by atoms with Gasteiger partial charge in [0.05, 0.1) is 18.2 Å². The van der Waals surface area contributed by atoms with Crippen molar-refractivity contribution in [1.82, 2.24) is 4.31 Å². The van der Waals surface area contributed by atoms with Gasteiger partial charge in [-0.05, 0) is 24.1 Å². The largest absolute Gasteiger partial charge is 0.379 e. The van der Waals surface area contributed by atoms with Gasteiger partial charge in [-0.25, -0.2) is 8.42 Å². The third-order valence-electron chi connectivity index (χ3n) is 3.40. The molecule has 0 atom stereocenters. The Morgan fingerprint density at radius 3 is 2.61 bits per heavy atom. The van der Waals surface area contributed by atoms with E-state index in [2.05, 4.69) is 5.32 Å². The summed E-state index contributed by atoms with van der Waals surface area (Å²) in [7, 11) is -3.70. The summed E-state index contributed by atoms with van der Waals surface area (Å²) in [6, 6.07) is 4.49. The lowest BCUT2D eigenvalue weighted by Crippen LogP contribution is -2.40. The van der Waals surface area contributed by atoms with E-state index in [-0.39, 0.29) is 21.7 Å². The number of rotatable bonds is 5. The SMILES string of the molecule is CC(C)CC(=O)Nc1ccc(Cl)c(S(=O)(=O)N2CCOCC2)c1. The fraction of sp³-hybridized carbons (Fsp3) is 0.533. The van der Waals surface area contributed by atoms with Crippen LogP contribution in [0.5, 0.6) is 0 Å². The molecule has 2 rings (SSSR count). The van der Waals surface area contributed by atoms with E-state index in [0.717, 1.165) is 0 Å². The van der Waals surface area contributed by atoms with Crippen molar-refractivity contribution in [2.75, 3.05) is 31.6 Å². The smallest absolute Gasteiger partial charge is 0.244 e. The van der Waals surface area contributed by atoms with Gasteiger partial charge in [0, 0.05) is 25.2 Å². The van der Waals surface area contributed by atoms with Gasteiger partial charge in [0.25, 0.3) is 0 Å². The highest BCUT2D eigenvalue weighted by Crippen LogP contribution is 2.28. The Balaban J connectivity index is 2.24. The van der Waals surface area contributed by atoms with E-state index < -0.39 is 10.0 Å². The molecule has 0 saturated carbocycles. The molecule has 1 aliphatic heterocycles. The van der Waals surface area contributed by atoms with Crippen molar-refractivity contribution in [2.24, 2.45) is 5.92 Å². The van der Waals surface area contributed by atoms with Crippen LogP contribution in [0.3, 0.4) is 0 Å². The molecule has 1 heterocycles. The van der Waals surface area contributed by atoms with Crippen LogP contribution < -0.4 is 5.32 Å². The van der Waals surface area contributed by atoms with E-state index >= 15 is 0 Å². The number of halogens is 1. The summed E-state index contributed by atoms with van der Waals surface area (Å²) >= 11 is 6.07. The van der Waals surface area contributed by atoms with Crippen LogP contribution in [0, 0.1) is 5.92 Å². The van der Waals surface area contributed by atoms with Gasteiger partial charge in [-0.2, -0.15) is 4.31 Å². The normalized spacial score (nSPS) is 16.5. The minimum Gasteiger partial charge on any atom is -0.379 e. The third-order valence-corrected chi connectivity index (χ3v) is 5.78. The lowest BCUT2D eigenvalue weighted by molar-refractivity contribution is -0.116. The second kappa shape index (κ2) is 7.61. The maximum atomic E-state index is 12.7. The van der Waals surface area contributed by atoms with Crippen LogP contribution >= 0.6 is 11.6 Å². The molecule has 0 bridgehead atoms. The summed E-state index contributed by atoms with van der Waals surface area (Å²) in [6.45, 7) is 5.19. The van der Waals surface area contributed by atoms with Gasteiger partial charge >= 0.3 is 0 Å². The summed E-state index contributed by atoms with van der Waals surface area (Å²) in [5.41, 5.74) is 0.423. The first-order chi connectivity index (χ1) is 10.8. The van der Waals surface area contributed by atoms with Crippen LogP contribution in [0.1, 0.15) is 20.3 Å². The first-order valence-electron chi connectivity index (χ1n) is 7.48. The molecule has 1 saturated heterocycles. The second-order valence-electron chi connectivity index (χ2n) is 5.81. The molecule has 1 amide bonds. The predicted molar refractivity (Wildman–Crippen MR) is 89.1 cm³/mol. The zero-order valence-electron chi connectivity index (χ0n) is 13.2. The summed E-state index contributed by atoms with van der Waals surface area (Å²) in [6.07, 6.45) is 0.369. The molecule has 6 nitrogen and oxygen atoms in total. The van der Waals surface area contributed by atoms with Crippen LogP contribution in [-0.2, 0) is 19.6 Å². The molecule has 1 aromatic rings. The number of carbonyl (C=O) groups excluding carboxylic acids is 1. The molecular formula is C15H21ClN2O4S. The lowest BCUT2D eigenvalue weighted by atomic mass is 10.1. The van der Waals surface area contributed by atoms with Crippen LogP contribution in [0.4, 0.5) is 5.69 Å². The van der Waals surface area contributed by atoms with Crippen LogP contribution in [-0.4, -0.2) is 44.9 Å². The Hall–Kier alpha value is -1.15. The van der Waals surface area contributed by atoms with E-state index in [1.165, 1.54) is 16.4 Å². The van der Waals surface area contributed by atoms with Crippen molar-refractivity contribution >= 4 is 33.2 Å². The molecule has 0 spiro atoms. The maximum Gasteiger partial charge on any atom is 0.244 e. The second-order valence-corrected chi connectivity index (χ2v) is 8.12. The van der Waals surface area contributed by atoms with Crippen LogP contribution in [0.25, 0.3) is 0 Å². The predicted octanol–water partition coefficient (Wildman–Crippen LogP) is 2.35. The molecule has 0 radical (unpaired) electrons. The molecule has 23 heavy (non-hydrogen) atoms. The number of hydrogen-bond acceptors (Lipinski definition) is 4. The third kappa shape index (κ3) is 4.67. The minimum atomic E-state index is -3.70. The molecule has 1 fully saturated rings. The molecule has 1 aromatic carbocycles. The highest BCUT2D eigenvalue weighted by Gasteiger charge is 2.28. The fourth-order valence-corrected chi connectivity index (χ4v) is 4.20. The average Bonchev–Trinajstić information content (AvgIpc) is 2.49. The molecule has 8 heteroatoms. The molecule has 0 aliphatic carbocycles. The highest BCUT2D eigenvalue weighted by atomic mass is 35.5. The van der Waals surface area contributed by atoms with E-state index in [9.17, 15) is 13.2 Å². The fourth-order valence-electron chi connectivity index (χ4n) is 2.29. The molecule has 0 aromatic heterocycles. The summed E-state index contributed by atoms with van der Waals surface area (Å²) in [5, 5.41) is 2.85. The first kappa shape index (κ1) is 18.2. The monoisotopic (exact) mass is 360 g/mol. The van der Waals surface area contributed by atoms with Gasteiger partial charge in [-0.15, -0.1) is 0 Å². The van der Waals surface area contributed by atoms with Crippen molar-refractivity contribution < 1.29 is 17.9 Å². The van der Waals surface area contributed by atoms with Gasteiger partial charge in [-0.3, -0.25) is 4.79 Å². The summed E-state index contributed by atoms with van der Waals surface area (Å²) in [4.78, 5) is 11.9. The zero-order valence-corrected chi connectivity index (χ0v) is 14.8. The lowest BCUT2D eigenvalue weighted by Gasteiger charge is -2.26. The summed E-state index contributed by atoms with van der Waals surface area (Å²) < 4.78 is 31.9. The van der Waals surface area contributed by atoms with Crippen LogP contribution in [0.2, 0.25) is 5.02 Å². The summed E-state index contributed by atoms with van der Waals surface area (Å²) in [5.74, 6) is 0.0656. The van der Waals surface area contributed by atoms with Gasteiger partial charge in [0.1, 0.15) is 4.90 Å². The Kier molecular flexibility index (Phi) is 6.02. The number of anilines is 1. The van der Waals surface area contributed by atoms with Gasteiger partial charge < -0.3 is 10.1 Å². The van der Waals surface area contributed by atoms with E-state index in [4.69, 9.17) is 16.3 Å². The van der Waals surface area contributed by atoms with Crippen molar-refractivity contribution in [2.45, 2.75) is 25.2 Å². The van der Waals surface area contributed by atoms with Crippen molar-refractivity contribution in [1.29, 1.82) is 0 Å². The number of sulfonamides is 1. The number of morpholine rings is 1. The zero-order chi connectivity index (χ0) is 17.0. The molecular weight excluding hydrogens is 340 g/mol.